The molecule has 0 spiro atoms. The third-order valence-corrected chi connectivity index (χ3v) is 1.04. The van der Waals surface area contributed by atoms with E-state index in [1.54, 1.807) is 6.92 Å². The molecule has 0 aromatic rings. The normalized spacial score (nSPS) is 11.1. The van der Waals surface area contributed by atoms with Crippen molar-refractivity contribution in [3.8, 4) is 12.3 Å². The number of carbonyl (C=O) groups is 2. The van der Waals surface area contributed by atoms with E-state index >= 15 is 0 Å². The van der Waals surface area contributed by atoms with Crippen molar-refractivity contribution < 1.29 is 14.3 Å². The molecule has 1 atom stereocenters. The lowest BCUT2D eigenvalue weighted by atomic mass is 10.3. The molecule has 0 aliphatic carbocycles. The molecular formula is C8H11NO3. The van der Waals surface area contributed by atoms with Gasteiger partial charge in [-0.2, -0.15) is 0 Å². The first-order chi connectivity index (χ1) is 5.61. The van der Waals surface area contributed by atoms with Crippen molar-refractivity contribution in [2.45, 2.75) is 19.9 Å². The Hall–Kier alpha value is -1.50. The Kier molecular flexibility index (Phi) is 4.54. The molecule has 0 rings (SSSR count). The van der Waals surface area contributed by atoms with Gasteiger partial charge in [0.1, 0.15) is 0 Å². The van der Waals surface area contributed by atoms with Gasteiger partial charge >= 0.3 is 5.97 Å². The topological polar surface area (TPSA) is 55.4 Å². The molecule has 0 aromatic heterocycles. The largest absolute Gasteiger partial charge is 0.464 e. The van der Waals surface area contributed by atoms with Crippen molar-refractivity contribution in [3.63, 3.8) is 0 Å². The molecule has 0 bridgehead atoms. The second kappa shape index (κ2) is 5.19. The van der Waals surface area contributed by atoms with Gasteiger partial charge in [-0.3, -0.25) is 4.79 Å². The average molecular weight is 169 g/mol. The van der Waals surface area contributed by atoms with Gasteiger partial charge in [-0.25, -0.2) is 4.79 Å². The van der Waals surface area contributed by atoms with Crippen LogP contribution < -0.4 is 5.32 Å². The molecule has 0 heterocycles. The summed E-state index contributed by atoms with van der Waals surface area (Å²) in [6, 6.07) is -0.970. The predicted molar refractivity (Wildman–Crippen MR) is 43.1 cm³/mol. The molecule has 4 nitrogen and oxygen atoms in total. The summed E-state index contributed by atoms with van der Waals surface area (Å²) in [5, 5.41) is 2.26. The van der Waals surface area contributed by atoms with Crippen LogP contribution in [0, 0.1) is 12.3 Å². The number of terminal acetylenes is 1. The molecule has 1 N–H and O–H groups in total. The quantitative estimate of drug-likeness (QED) is 0.465. The number of rotatable bonds is 3. The fourth-order valence-corrected chi connectivity index (χ4v) is 0.597. The van der Waals surface area contributed by atoms with Crippen LogP contribution in [0.4, 0.5) is 0 Å². The van der Waals surface area contributed by atoms with Crippen LogP contribution in [0.5, 0.6) is 0 Å². The van der Waals surface area contributed by atoms with Crippen LogP contribution in [0.25, 0.3) is 0 Å². The highest BCUT2D eigenvalue weighted by Gasteiger charge is 2.16. The summed E-state index contributed by atoms with van der Waals surface area (Å²) >= 11 is 0. The number of hydrogen-bond donors (Lipinski definition) is 1. The van der Waals surface area contributed by atoms with E-state index in [1.165, 1.54) is 6.92 Å². The summed E-state index contributed by atoms with van der Waals surface area (Å²) in [5.74, 6) is 1.15. The highest BCUT2D eigenvalue weighted by molar-refractivity contribution is 5.85. The Balaban J connectivity index is 4.08. The third kappa shape index (κ3) is 3.62. The Labute approximate surface area is 71.3 Å². The second-order valence-electron chi connectivity index (χ2n) is 2.05. The van der Waals surface area contributed by atoms with Crippen molar-refractivity contribution >= 4 is 11.9 Å². The zero-order valence-electron chi connectivity index (χ0n) is 7.09. The number of nitrogens with one attached hydrogen (secondary N) is 1. The molecule has 66 valence electrons. The van der Waals surface area contributed by atoms with E-state index in [0.29, 0.717) is 0 Å². The van der Waals surface area contributed by atoms with Crippen LogP contribution >= 0.6 is 0 Å². The van der Waals surface area contributed by atoms with Gasteiger partial charge in [0.25, 0.3) is 0 Å². The maximum atomic E-state index is 10.9. The van der Waals surface area contributed by atoms with E-state index in [0.717, 1.165) is 0 Å². The molecule has 1 amide bonds. The van der Waals surface area contributed by atoms with Gasteiger partial charge in [0, 0.05) is 6.92 Å². The fraction of sp³-hybridized carbons (Fsp3) is 0.500. The summed E-state index contributed by atoms with van der Waals surface area (Å²) in [5.41, 5.74) is 0. The van der Waals surface area contributed by atoms with Crippen LogP contribution in [0.2, 0.25) is 0 Å². The molecule has 0 aliphatic rings. The Morgan fingerprint density at radius 2 is 2.25 bits per heavy atom. The molecule has 0 radical (unpaired) electrons. The molecule has 0 saturated carbocycles. The molecule has 0 saturated heterocycles. The summed E-state index contributed by atoms with van der Waals surface area (Å²) in [4.78, 5) is 21.4. The van der Waals surface area contributed by atoms with Crippen LogP contribution in [-0.2, 0) is 14.3 Å². The summed E-state index contributed by atoms with van der Waals surface area (Å²) in [7, 11) is 0. The van der Waals surface area contributed by atoms with Crippen molar-refractivity contribution in [1.82, 2.24) is 5.32 Å². The molecule has 1 unspecified atom stereocenters. The van der Waals surface area contributed by atoms with Gasteiger partial charge in [0.15, 0.2) is 6.04 Å². The standard InChI is InChI=1S/C8H11NO3/c1-4-7(9-6(3)10)8(11)12-5-2/h1,7H,5H2,2-3H3,(H,9,10). The van der Waals surface area contributed by atoms with Crippen LogP contribution in [0.3, 0.4) is 0 Å². The maximum absolute atomic E-state index is 10.9. The zero-order chi connectivity index (χ0) is 9.56. The van der Waals surface area contributed by atoms with Crippen molar-refractivity contribution in [3.05, 3.63) is 0 Å². The van der Waals surface area contributed by atoms with Crippen LogP contribution in [-0.4, -0.2) is 24.5 Å². The molecule has 12 heavy (non-hydrogen) atoms. The highest BCUT2D eigenvalue weighted by Crippen LogP contribution is 1.87. The molecule has 0 fully saturated rings. The third-order valence-electron chi connectivity index (χ3n) is 1.04. The van der Waals surface area contributed by atoms with E-state index in [9.17, 15) is 9.59 Å². The zero-order valence-corrected chi connectivity index (χ0v) is 7.09. The lowest BCUT2D eigenvalue weighted by Crippen LogP contribution is -2.39. The molecule has 0 aromatic carbocycles. The Morgan fingerprint density at radius 1 is 1.67 bits per heavy atom. The summed E-state index contributed by atoms with van der Waals surface area (Å²) in [6.45, 7) is 3.19. The lowest BCUT2D eigenvalue weighted by Gasteiger charge is -2.09. The molecule has 0 aliphatic heterocycles. The monoisotopic (exact) mass is 169 g/mol. The van der Waals surface area contributed by atoms with E-state index in [2.05, 4.69) is 16.0 Å². The summed E-state index contributed by atoms with van der Waals surface area (Å²) < 4.78 is 4.60. The van der Waals surface area contributed by atoms with E-state index < -0.39 is 12.0 Å². The SMILES string of the molecule is C#CC(NC(C)=O)C(=O)OCC. The van der Waals surface area contributed by atoms with Gasteiger partial charge in [-0.15, -0.1) is 6.42 Å². The van der Waals surface area contributed by atoms with Crippen LogP contribution in [0.15, 0.2) is 0 Å². The first kappa shape index (κ1) is 10.5. The van der Waals surface area contributed by atoms with Gasteiger partial charge in [-0.05, 0) is 6.92 Å². The highest BCUT2D eigenvalue weighted by atomic mass is 16.5. The van der Waals surface area contributed by atoms with Crippen molar-refractivity contribution in [2.75, 3.05) is 6.61 Å². The number of amides is 1. The van der Waals surface area contributed by atoms with Gasteiger partial charge < -0.3 is 10.1 Å². The summed E-state index contributed by atoms with van der Waals surface area (Å²) in [6.07, 6.45) is 4.99. The minimum atomic E-state index is -0.970. The average Bonchev–Trinajstić information content (AvgIpc) is 2.00. The fourth-order valence-electron chi connectivity index (χ4n) is 0.597. The van der Waals surface area contributed by atoms with Crippen molar-refractivity contribution in [1.29, 1.82) is 0 Å². The minimum absolute atomic E-state index is 0.247. The van der Waals surface area contributed by atoms with Gasteiger partial charge in [0.05, 0.1) is 6.61 Å². The van der Waals surface area contributed by atoms with Gasteiger partial charge in [-0.1, -0.05) is 5.92 Å². The van der Waals surface area contributed by atoms with E-state index in [4.69, 9.17) is 6.42 Å². The Morgan fingerprint density at radius 3 is 2.58 bits per heavy atom. The minimum Gasteiger partial charge on any atom is -0.464 e. The Bertz CT molecular complexity index is 217. The maximum Gasteiger partial charge on any atom is 0.341 e. The first-order valence-corrected chi connectivity index (χ1v) is 3.51. The van der Waals surface area contributed by atoms with Crippen LogP contribution in [0.1, 0.15) is 13.8 Å². The number of esters is 1. The number of ether oxygens (including phenoxy) is 1. The lowest BCUT2D eigenvalue weighted by molar-refractivity contribution is -0.145. The van der Waals surface area contributed by atoms with Crippen molar-refractivity contribution in [2.24, 2.45) is 0 Å². The van der Waals surface area contributed by atoms with E-state index in [-0.39, 0.29) is 12.5 Å². The predicted octanol–water partition coefficient (Wildman–Crippen LogP) is -0.313. The second-order valence-corrected chi connectivity index (χ2v) is 2.05. The number of carbonyl (C=O) groups excluding carboxylic acids is 2. The van der Waals surface area contributed by atoms with Gasteiger partial charge in [0.2, 0.25) is 5.91 Å². The molecule has 4 heteroatoms. The molecular weight excluding hydrogens is 158 g/mol. The smallest absolute Gasteiger partial charge is 0.341 e. The number of hydrogen-bond acceptors (Lipinski definition) is 3. The van der Waals surface area contributed by atoms with E-state index in [1.807, 2.05) is 0 Å². The first-order valence-electron chi connectivity index (χ1n) is 3.51.